The molecule has 0 aliphatic carbocycles. The van der Waals surface area contributed by atoms with Crippen molar-refractivity contribution in [2.24, 2.45) is 0 Å². The first kappa shape index (κ1) is 15.7. The molecule has 1 atom stereocenters. The molecule has 19 heavy (non-hydrogen) atoms. The smallest absolute Gasteiger partial charge is 0.309 e. The summed E-state index contributed by atoms with van der Waals surface area (Å²) in [5.41, 5.74) is 2.03. The molecule has 0 amide bonds. The number of nitrogens with one attached hydrogen (secondary N) is 1. The van der Waals surface area contributed by atoms with Gasteiger partial charge in [0.05, 0.1) is 19.6 Å². The number of ether oxygens (including phenoxy) is 1. The van der Waals surface area contributed by atoms with Crippen LogP contribution in [-0.2, 0) is 22.5 Å². The minimum Gasteiger partial charge on any atom is -0.469 e. The molecule has 0 aromatic heterocycles. The standard InChI is InChI=1S/C15H23NO3/c1-3-6-14(17)11-16-10-13-8-5-4-7-12(13)9-15(18)19-2/h4-5,7-8,14,16-17H,3,6,9-11H2,1-2H3. The predicted octanol–water partition coefficient (Wildman–Crippen LogP) is 1.65. The van der Waals surface area contributed by atoms with Crippen molar-refractivity contribution in [2.45, 2.75) is 38.8 Å². The van der Waals surface area contributed by atoms with Crippen molar-refractivity contribution in [3.05, 3.63) is 35.4 Å². The number of aliphatic hydroxyl groups is 1. The summed E-state index contributed by atoms with van der Waals surface area (Å²) in [7, 11) is 1.39. The Morgan fingerprint density at radius 1 is 1.37 bits per heavy atom. The maximum atomic E-state index is 11.3. The second kappa shape index (κ2) is 8.67. The van der Waals surface area contributed by atoms with Crippen molar-refractivity contribution < 1.29 is 14.6 Å². The van der Waals surface area contributed by atoms with Crippen LogP contribution in [0.5, 0.6) is 0 Å². The van der Waals surface area contributed by atoms with Gasteiger partial charge in [0.25, 0.3) is 0 Å². The highest BCUT2D eigenvalue weighted by Crippen LogP contribution is 2.10. The van der Waals surface area contributed by atoms with E-state index in [1.165, 1.54) is 7.11 Å². The SMILES string of the molecule is CCCC(O)CNCc1ccccc1CC(=O)OC. The van der Waals surface area contributed by atoms with Crippen molar-refractivity contribution in [2.75, 3.05) is 13.7 Å². The molecule has 4 nitrogen and oxygen atoms in total. The van der Waals surface area contributed by atoms with E-state index in [-0.39, 0.29) is 18.5 Å². The Hall–Kier alpha value is -1.39. The minimum absolute atomic E-state index is 0.238. The van der Waals surface area contributed by atoms with E-state index >= 15 is 0 Å². The van der Waals surface area contributed by atoms with E-state index in [2.05, 4.69) is 17.0 Å². The Morgan fingerprint density at radius 3 is 2.68 bits per heavy atom. The van der Waals surface area contributed by atoms with E-state index in [0.717, 1.165) is 24.0 Å². The van der Waals surface area contributed by atoms with Gasteiger partial charge in [-0.2, -0.15) is 0 Å². The molecule has 4 heteroatoms. The van der Waals surface area contributed by atoms with Gasteiger partial charge in [-0.25, -0.2) is 0 Å². The van der Waals surface area contributed by atoms with Crippen molar-refractivity contribution in [3.8, 4) is 0 Å². The van der Waals surface area contributed by atoms with Gasteiger partial charge in [-0.05, 0) is 17.5 Å². The predicted molar refractivity (Wildman–Crippen MR) is 74.8 cm³/mol. The molecular weight excluding hydrogens is 242 g/mol. The van der Waals surface area contributed by atoms with Gasteiger partial charge < -0.3 is 15.2 Å². The van der Waals surface area contributed by atoms with E-state index in [1.54, 1.807) is 0 Å². The second-order valence-corrected chi connectivity index (χ2v) is 4.60. The minimum atomic E-state index is -0.308. The van der Waals surface area contributed by atoms with Crippen LogP contribution in [-0.4, -0.2) is 30.8 Å². The fourth-order valence-electron chi connectivity index (χ4n) is 1.94. The highest BCUT2D eigenvalue weighted by atomic mass is 16.5. The van der Waals surface area contributed by atoms with Gasteiger partial charge in [-0.3, -0.25) is 4.79 Å². The molecule has 0 heterocycles. The Bertz CT molecular complexity index is 393. The van der Waals surface area contributed by atoms with Gasteiger partial charge in [0.2, 0.25) is 0 Å². The van der Waals surface area contributed by atoms with E-state index in [1.807, 2.05) is 24.3 Å². The average Bonchev–Trinajstić information content (AvgIpc) is 2.41. The molecule has 1 rings (SSSR count). The number of rotatable bonds is 8. The van der Waals surface area contributed by atoms with Crippen LogP contribution < -0.4 is 5.32 Å². The number of carbonyl (C=O) groups excluding carboxylic acids is 1. The van der Waals surface area contributed by atoms with E-state index in [0.29, 0.717) is 13.1 Å². The van der Waals surface area contributed by atoms with Gasteiger partial charge in [-0.15, -0.1) is 0 Å². The van der Waals surface area contributed by atoms with Crippen LogP contribution in [0.4, 0.5) is 0 Å². The maximum Gasteiger partial charge on any atom is 0.309 e. The van der Waals surface area contributed by atoms with Gasteiger partial charge >= 0.3 is 5.97 Å². The molecule has 1 aromatic carbocycles. The molecule has 1 aromatic rings. The lowest BCUT2D eigenvalue weighted by atomic mass is 10.0. The lowest BCUT2D eigenvalue weighted by Crippen LogP contribution is -2.26. The first-order valence-corrected chi connectivity index (χ1v) is 6.69. The Morgan fingerprint density at radius 2 is 2.05 bits per heavy atom. The van der Waals surface area contributed by atoms with Crippen LogP contribution in [0, 0.1) is 0 Å². The first-order chi connectivity index (χ1) is 9.17. The van der Waals surface area contributed by atoms with Crippen molar-refractivity contribution >= 4 is 5.97 Å². The molecule has 1 unspecified atom stereocenters. The molecule has 0 aliphatic rings. The maximum absolute atomic E-state index is 11.3. The van der Waals surface area contributed by atoms with Crippen LogP contribution in [0.1, 0.15) is 30.9 Å². The van der Waals surface area contributed by atoms with E-state index < -0.39 is 0 Å². The third-order valence-electron chi connectivity index (χ3n) is 3.00. The summed E-state index contributed by atoms with van der Waals surface area (Å²) in [6, 6.07) is 7.77. The van der Waals surface area contributed by atoms with Crippen molar-refractivity contribution in [1.29, 1.82) is 0 Å². The van der Waals surface area contributed by atoms with Crippen LogP contribution in [0.3, 0.4) is 0 Å². The number of esters is 1. The summed E-state index contributed by atoms with van der Waals surface area (Å²) < 4.78 is 4.68. The van der Waals surface area contributed by atoms with Crippen molar-refractivity contribution in [1.82, 2.24) is 5.32 Å². The average molecular weight is 265 g/mol. The number of hydrogen-bond acceptors (Lipinski definition) is 4. The monoisotopic (exact) mass is 265 g/mol. The van der Waals surface area contributed by atoms with Gasteiger partial charge in [0.15, 0.2) is 0 Å². The summed E-state index contributed by atoms with van der Waals surface area (Å²) in [5.74, 6) is -0.238. The Balaban J connectivity index is 2.50. The largest absolute Gasteiger partial charge is 0.469 e. The van der Waals surface area contributed by atoms with Crippen LogP contribution >= 0.6 is 0 Å². The molecular formula is C15H23NO3. The highest BCUT2D eigenvalue weighted by molar-refractivity contribution is 5.72. The topological polar surface area (TPSA) is 58.6 Å². The zero-order valence-electron chi connectivity index (χ0n) is 11.7. The van der Waals surface area contributed by atoms with Gasteiger partial charge in [0.1, 0.15) is 0 Å². The lowest BCUT2D eigenvalue weighted by Gasteiger charge is -2.13. The molecule has 0 radical (unpaired) electrons. The third-order valence-corrected chi connectivity index (χ3v) is 3.00. The number of carbonyl (C=O) groups is 1. The number of aliphatic hydroxyl groups excluding tert-OH is 1. The molecule has 0 aliphatic heterocycles. The lowest BCUT2D eigenvalue weighted by molar-refractivity contribution is -0.139. The zero-order valence-corrected chi connectivity index (χ0v) is 11.7. The van der Waals surface area contributed by atoms with E-state index in [4.69, 9.17) is 0 Å². The quantitative estimate of drug-likeness (QED) is 0.702. The normalized spacial score (nSPS) is 12.2. The van der Waals surface area contributed by atoms with Gasteiger partial charge in [-0.1, -0.05) is 37.6 Å². The zero-order chi connectivity index (χ0) is 14.1. The summed E-state index contributed by atoms with van der Waals surface area (Å²) in [4.78, 5) is 11.3. The molecule has 0 fully saturated rings. The van der Waals surface area contributed by atoms with Crippen molar-refractivity contribution in [3.63, 3.8) is 0 Å². The number of hydrogen-bond donors (Lipinski definition) is 2. The summed E-state index contributed by atoms with van der Waals surface area (Å²) in [5, 5.41) is 12.9. The Kier molecular flexibility index (Phi) is 7.15. The summed E-state index contributed by atoms with van der Waals surface area (Å²) >= 11 is 0. The number of methoxy groups -OCH3 is 1. The second-order valence-electron chi connectivity index (χ2n) is 4.60. The van der Waals surface area contributed by atoms with Crippen LogP contribution in [0.2, 0.25) is 0 Å². The molecule has 0 spiro atoms. The molecule has 0 saturated heterocycles. The Labute approximate surface area is 114 Å². The molecule has 0 saturated carbocycles. The summed E-state index contributed by atoms with van der Waals surface area (Å²) in [6.07, 6.45) is 1.75. The fourth-order valence-corrected chi connectivity index (χ4v) is 1.94. The highest BCUT2D eigenvalue weighted by Gasteiger charge is 2.08. The molecule has 0 bridgehead atoms. The number of benzene rings is 1. The van der Waals surface area contributed by atoms with Gasteiger partial charge in [0, 0.05) is 13.1 Å². The van der Waals surface area contributed by atoms with Crippen LogP contribution in [0.25, 0.3) is 0 Å². The fraction of sp³-hybridized carbons (Fsp3) is 0.533. The van der Waals surface area contributed by atoms with E-state index in [9.17, 15) is 9.90 Å². The summed E-state index contributed by atoms with van der Waals surface area (Å²) in [6.45, 7) is 3.27. The third kappa shape index (κ3) is 5.85. The molecule has 2 N–H and O–H groups in total. The molecule has 106 valence electrons. The van der Waals surface area contributed by atoms with Crippen LogP contribution in [0.15, 0.2) is 24.3 Å². The first-order valence-electron chi connectivity index (χ1n) is 6.69.